The zero-order chi connectivity index (χ0) is 41.6. The second-order valence-corrected chi connectivity index (χ2v) is 19.0. The van der Waals surface area contributed by atoms with Crippen LogP contribution in [0.4, 0.5) is 0 Å². The average molecular weight is 659 g/mol. The zero-order valence-electron chi connectivity index (χ0n) is 37.0. The lowest BCUT2D eigenvalue weighted by atomic mass is 9.82. The Morgan fingerprint density at radius 2 is 1.02 bits per heavy atom. The molecule has 1 aromatic heterocycles. The maximum atomic E-state index is 9.33. The van der Waals surface area contributed by atoms with Gasteiger partial charge in [0.05, 0.1) is 20.4 Å². The van der Waals surface area contributed by atoms with Gasteiger partial charge >= 0.3 is 0 Å². The van der Waals surface area contributed by atoms with Gasteiger partial charge in [-0.05, 0) is 56.6 Å². The summed E-state index contributed by atoms with van der Waals surface area (Å²) in [4.78, 5) is 14.4. The molecule has 0 saturated carbocycles. The van der Waals surface area contributed by atoms with E-state index in [1.807, 2.05) is 36.4 Å². The molecular weight excluding hydrogens is 611 g/mol. The number of fused-ring (bicyclic) bond motifs is 3. The lowest BCUT2D eigenvalue weighted by Gasteiger charge is -2.21. The molecule has 0 fully saturated rings. The van der Waals surface area contributed by atoms with Gasteiger partial charge in [0.1, 0.15) is 0 Å². The van der Waals surface area contributed by atoms with Crippen molar-refractivity contribution in [2.75, 3.05) is 0 Å². The third kappa shape index (κ3) is 5.72. The van der Waals surface area contributed by atoms with E-state index in [-0.39, 0.29) is 34.0 Å². The standard InChI is InChI=1S/C45H39N3Si/c1-45(2)40-17-10-9-16-38(40)39-29-35(24-27-41(39)45)31-18-20-32(21-19-31)42-46-43(33-22-25-37(26-23-33)49(3,4)5)48-44(47-42)36-15-11-14-34(28-36)30-12-7-6-8-13-30/h6-29H,1-5H3/i6D,7D,8D,11D,12D,13D,14D,15D,28D. The minimum atomic E-state index is -1.65. The quantitative estimate of drug-likeness (QED) is 0.167. The molecule has 3 nitrogen and oxygen atoms in total. The number of nitrogens with zero attached hydrogens (tertiary/aromatic N) is 3. The number of aromatic nitrogens is 3. The first kappa shape index (κ1) is 22.2. The molecule has 0 bridgehead atoms. The second kappa shape index (κ2) is 11.9. The molecule has 8 rings (SSSR count). The van der Waals surface area contributed by atoms with Crippen LogP contribution < -0.4 is 5.19 Å². The first-order valence-electron chi connectivity index (χ1n) is 20.8. The molecule has 0 radical (unpaired) electrons. The molecule has 0 saturated heterocycles. The fraction of sp³-hybridized carbons (Fsp3) is 0.133. The lowest BCUT2D eigenvalue weighted by Crippen LogP contribution is -2.37. The van der Waals surface area contributed by atoms with E-state index in [1.54, 1.807) is 0 Å². The first-order chi connectivity index (χ1) is 27.4. The number of rotatable bonds is 6. The van der Waals surface area contributed by atoms with E-state index in [0.29, 0.717) is 11.1 Å². The summed E-state index contributed by atoms with van der Waals surface area (Å²) in [5, 5.41) is 1.23. The Balaban J connectivity index is 1.29. The largest absolute Gasteiger partial charge is 0.208 e. The van der Waals surface area contributed by atoms with Crippen molar-refractivity contribution >= 4 is 13.3 Å². The van der Waals surface area contributed by atoms with Crippen LogP contribution in [0.3, 0.4) is 0 Å². The van der Waals surface area contributed by atoms with Crippen molar-refractivity contribution in [3.05, 3.63) is 157 Å². The van der Waals surface area contributed by atoms with Crippen molar-refractivity contribution in [1.29, 1.82) is 0 Å². The van der Waals surface area contributed by atoms with Gasteiger partial charge in [-0.3, -0.25) is 0 Å². The van der Waals surface area contributed by atoms with Gasteiger partial charge in [0.2, 0.25) is 0 Å². The smallest absolute Gasteiger partial charge is 0.164 e. The fourth-order valence-electron chi connectivity index (χ4n) is 6.53. The van der Waals surface area contributed by atoms with Crippen LogP contribution in [0, 0.1) is 0 Å². The van der Waals surface area contributed by atoms with Gasteiger partial charge in [-0.25, -0.2) is 15.0 Å². The fourth-order valence-corrected chi connectivity index (χ4v) is 7.70. The third-order valence-corrected chi connectivity index (χ3v) is 11.4. The predicted molar refractivity (Wildman–Crippen MR) is 208 cm³/mol. The highest BCUT2D eigenvalue weighted by Crippen LogP contribution is 2.49. The van der Waals surface area contributed by atoms with E-state index in [1.165, 1.54) is 27.4 Å². The predicted octanol–water partition coefficient (Wildman–Crippen LogP) is 11.1. The number of hydrogen-bond acceptors (Lipinski definition) is 3. The summed E-state index contributed by atoms with van der Waals surface area (Å²) in [5.41, 5.74) is 7.26. The Labute approximate surface area is 303 Å². The summed E-state index contributed by atoms with van der Waals surface area (Å²) in [6.07, 6.45) is 0. The van der Waals surface area contributed by atoms with E-state index in [4.69, 9.17) is 25.9 Å². The molecule has 0 atom stereocenters. The topological polar surface area (TPSA) is 38.7 Å². The highest BCUT2D eigenvalue weighted by molar-refractivity contribution is 6.88. The van der Waals surface area contributed by atoms with Crippen molar-refractivity contribution in [2.45, 2.75) is 38.9 Å². The molecule has 1 heterocycles. The molecule has 0 unspecified atom stereocenters. The molecule has 0 N–H and O–H groups in total. The Kier molecular flexibility index (Phi) is 5.40. The Morgan fingerprint density at radius 3 is 1.69 bits per heavy atom. The Bertz CT molecular complexity index is 2800. The van der Waals surface area contributed by atoms with E-state index in [2.05, 4.69) is 88.1 Å². The minimum Gasteiger partial charge on any atom is -0.208 e. The van der Waals surface area contributed by atoms with Crippen molar-refractivity contribution in [3.8, 4) is 67.5 Å². The monoisotopic (exact) mass is 658 g/mol. The van der Waals surface area contributed by atoms with Gasteiger partial charge in [0, 0.05) is 22.1 Å². The SMILES string of the molecule is [2H]c1c([2H])c([2H])c(-c2c([2H])c([2H])c([2H])c(-c3nc(-c4ccc(-c5ccc6c(c5)-c5ccccc5C6(C)C)cc4)nc(-c4ccc([Si](C)(C)C)cc4)n3)c2[2H])c([2H])c1[2H]. The van der Waals surface area contributed by atoms with Crippen LogP contribution in [-0.2, 0) is 5.41 Å². The molecule has 49 heavy (non-hydrogen) atoms. The molecule has 4 heteroatoms. The maximum Gasteiger partial charge on any atom is 0.164 e. The van der Waals surface area contributed by atoms with Gasteiger partial charge in [-0.1, -0.05) is 172 Å². The van der Waals surface area contributed by atoms with Crippen LogP contribution in [0.2, 0.25) is 19.6 Å². The van der Waals surface area contributed by atoms with Gasteiger partial charge in [-0.2, -0.15) is 0 Å². The number of benzene rings is 6. The first-order valence-corrected chi connectivity index (χ1v) is 19.8. The van der Waals surface area contributed by atoms with Gasteiger partial charge < -0.3 is 0 Å². The Morgan fingerprint density at radius 1 is 0.490 bits per heavy atom. The minimum absolute atomic E-state index is 0.105. The second-order valence-electron chi connectivity index (χ2n) is 13.9. The molecule has 0 aliphatic heterocycles. The summed E-state index contributed by atoms with van der Waals surface area (Å²) < 4.78 is 77.6. The van der Waals surface area contributed by atoms with Crippen LogP contribution in [0.5, 0.6) is 0 Å². The summed E-state index contributed by atoms with van der Waals surface area (Å²) in [5.74, 6) is 0.390. The van der Waals surface area contributed by atoms with Crippen LogP contribution >= 0.6 is 0 Å². The van der Waals surface area contributed by atoms with Crippen molar-refractivity contribution in [2.24, 2.45) is 0 Å². The van der Waals surface area contributed by atoms with Gasteiger partial charge in [0.25, 0.3) is 0 Å². The molecule has 0 amide bonds. The molecular formula is C45H39N3Si. The highest BCUT2D eigenvalue weighted by Gasteiger charge is 2.35. The van der Waals surface area contributed by atoms with E-state index >= 15 is 0 Å². The molecule has 6 aromatic carbocycles. The average Bonchev–Trinajstić information content (AvgIpc) is 3.44. The molecule has 0 spiro atoms. The summed E-state index contributed by atoms with van der Waals surface area (Å²) >= 11 is 0. The zero-order valence-corrected chi connectivity index (χ0v) is 29.0. The summed E-state index contributed by atoms with van der Waals surface area (Å²) in [6, 6.07) is 25.5. The van der Waals surface area contributed by atoms with E-state index in [9.17, 15) is 1.37 Å². The van der Waals surface area contributed by atoms with Crippen LogP contribution in [0.15, 0.2) is 145 Å². The maximum absolute atomic E-state index is 9.33. The third-order valence-electron chi connectivity index (χ3n) is 9.30. The Hall–Kier alpha value is -5.45. The van der Waals surface area contributed by atoms with Gasteiger partial charge in [-0.15, -0.1) is 0 Å². The molecule has 1 aliphatic rings. The number of hydrogen-bond donors (Lipinski definition) is 0. The molecule has 7 aromatic rings. The van der Waals surface area contributed by atoms with Crippen molar-refractivity contribution in [1.82, 2.24) is 15.0 Å². The van der Waals surface area contributed by atoms with Crippen LogP contribution in [0.25, 0.3) is 67.5 Å². The molecule has 238 valence electrons. The lowest BCUT2D eigenvalue weighted by molar-refractivity contribution is 0.660. The van der Waals surface area contributed by atoms with Crippen LogP contribution in [0.1, 0.15) is 37.3 Å². The van der Waals surface area contributed by atoms with E-state index in [0.717, 1.165) is 11.1 Å². The molecule has 1 aliphatic carbocycles. The van der Waals surface area contributed by atoms with Crippen molar-refractivity contribution in [3.63, 3.8) is 0 Å². The van der Waals surface area contributed by atoms with Gasteiger partial charge in [0.15, 0.2) is 17.5 Å². The van der Waals surface area contributed by atoms with E-state index < -0.39 is 68.0 Å². The summed E-state index contributed by atoms with van der Waals surface area (Å²) in [7, 11) is -1.65. The summed E-state index contributed by atoms with van der Waals surface area (Å²) in [6.45, 7) is 11.3. The highest BCUT2D eigenvalue weighted by atomic mass is 28.3. The van der Waals surface area contributed by atoms with Crippen molar-refractivity contribution < 1.29 is 12.3 Å². The van der Waals surface area contributed by atoms with Crippen LogP contribution in [-0.4, -0.2) is 23.0 Å². The normalized spacial score (nSPS) is 15.7.